The van der Waals surface area contributed by atoms with Gasteiger partial charge in [-0.2, -0.15) is 0 Å². The maximum atomic E-state index is 12.6. The summed E-state index contributed by atoms with van der Waals surface area (Å²) >= 11 is 0. The summed E-state index contributed by atoms with van der Waals surface area (Å²) in [4.78, 5) is 24.7. The number of benzene rings is 1. The second-order valence-corrected chi connectivity index (χ2v) is 6.62. The van der Waals surface area contributed by atoms with E-state index in [-0.39, 0.29) is 12.5 Å². The first kappa shape index (κ1) is 19.2. The van der Waals surface area contributed by atoms with Crippen molar-refractivity contribution in [3.63, 3.8) is 0 Å². The van der Waals surface area contributed by atoms with E-state index in [9.17, 15) is 9.59 Å². The molecule has 0 radical (unpaired) electrons. The molecule has 0 heterocycles. The van der Waals surface area contributed by atoms with Gasteiger partial charge in [-0.15, -0.1) is 0 Å². The molecule has 0 saturated heterocycles. The van der Waals surface area contributed by atoms with Crippen LogP contribution in [0.25, 0.3) is 0 Å². The normalized spacial score (nSPS) is 16.1. The van der Waals surface area contributed by atoms with Gasteiger partial charge in [-0.05, 0) is 17.9 Å². The molecular formula is C19H29N3O3. The van der Waals surface area contributed by atoms with Crippen LogP contribution in [0.5, 0.6) is 0 Å². The first-order valence-corrected chi connectivity index (χ1v) is 9.02. The van der Waals surface area contributed by atoms with E-state index < -0.39 is 12.1 Å². The van der Waals surface area contributed by atoms with Gasteiger partial charge in [-0.3, -0.25) is 9.80 Å². The largest absolute Gasteiger partial charge is 0.445 e. The molecule has 6 heteroatoms. The van der Waals surface area contributed by atoms with E-state index in [2.05, 4.69) is 10.7 Å². The van der Waals surface area contributed by atoms with Gasteiger partial charge in [0, 0.05) is 14.1 Å². The van der Waals surface area contributed by atoms with Gasteiger partial charge >= 0.3 is 6.09 Å². The Bertz CT molecular complexity index is 544. The fourth-order valence-corrected chi connectivity index (χ4v) is 3.23. The number of nitrogens with zero attached hydrogens (tertiary/aromatic N) is 1. The summed E-state index contributed by atoms with van der Waals surface area (Å²) in [7, 11) is 3.34. The summed E-state index contributed by atoms with van der Waals surface area (Å²) in [5.41, 5.74) is 3.72. The number of hydrazine groups is 1. The summed E-state index contributed by atoms with van der Waals surface area (Å²) in [6.07, 6.45) is 6.01. The number of rotatable bonds is 7. The van der Waals surface area contributed by atoms with E-state index in [0.717, 1.165) is 18.4 Å². The Hall–Kier alpha value is -2.08. The molecule has 6 nitrogen and oxygen atoms in total. The fourth-order valence-electron chi connectivity index (χ4n) is 3.23. The SMILES string of the molecule is CNN(C)C(=O)[C@H](CC1CCCCC1)NC(=O)OCc1ccccc1. The van der Waals surface area contributed by atoms with Crippen LogP contribution in [0, 0.1) is 5.92 Å². The highest BCUT2D eigenvalue weighted by molar-refractivity contribution is 5.85. The van der Waals surface area contributed by atoms with Crippen LogP contribution in [0.1, 0.15) is 44.1 Å². The molecule has 1 aliphatic carbocycles. The number of ether oxygens (including phenoxy) is 1. The molecule has 1 aromatic carbocycles. The molecule has 1 fully saturated rings. The third-order valence-corrected chi connectivity index (χ3v) is 4.76. The molecule has 1 aromatic rings. The molecule has 138 valence electrons. The topological polar surface area (TPSA) is 70.7 Å². The van der Waals surface area contributed by atoms with Gasteiger partial charge in [0.15, 0.2) is 0 Å². The highest BCUT2D eigenvalue weighted by atomic mass is 16.5. The van der Waals surface area contributed by atoms with E-state index in [0.29, 0.717) is 12.3 Å². The van der Waals surface area contributed by atoms with Crippen LogP contribution in [0.4, 0.5) is 4.79 Å². The van der Waals surface area contributed by atoms with Crippen LogP contribution in [0.15, 0.2) is 30.3 Å². The average Bonchev–Trinajstić information content (AvgIpc) is 2.66. The van der Waals surface area contributed by atoms with E-state index in [1.807, 2.05) is 30.3 Å². The highest BCUT2D eigenvalue weighted by Crippen LogP contribution is 2.27. The van der Waals surface area contributed by atoms with E-state index in [1.54, 1.807) is 14.1 Å². The van der Waals surface area contributed by atoms with Crippen molar-refractivity contribution in [2.75, 3.05) is 14.1 Å². The zero-order valence-electron chi connectivity index (χ0n) is 15.2. The monoisotopic (exact) mass is 347 g/mol. The van der Waals surface area contributed by atoms with Crippen molar-refractivity contribution < 1.29 is 14.3 Å². The number of alkyl carbamates (subject to hydrolysis) is 1. The van der Waals surface area contributed by atoms with Gasteiger partial charge in [-0.1, -0.05) is 62.4 Å². The number of carbonyl (C=O) groups is 2. The lowest BCUT2D eigenvalue weighted by Gasteiger charge is -2.28. The van der Waals surface area contributed by atoms with Crippen LogP contribution in [-0.4, -0.2) is 37.1 Å². The third kappa shape index (κ3) is 6.38. The van der Waals surface area contributed by atoms with Gasteiger partial charge in [0.2, 0.25) is 0 Å². The minimum atomic E-state index is -0.566. The standard InChI is InChI=1S/C19H29N3O3/c1-20-22(2)18(23)17(13-15-9-5-3-6-10-15)21-19(24)25-14-16-11-7-4-8-12-16/h4,7-8,11-12,15,17,20H,3,5-6,9-10,13-14H2,1-2H3,(H,21,24)/t17-/m0/s1. The molecule has 0 spiro atoms. The summed E-state index contributed by atoms with van der Waals surface area (Å²) in [6, 6.07) is 8.93. The molecule has 0 unspecified atom stereocenters. The van der Waals surface area contributed by atoms with Crippen molar-refractivity contribution in [2.24, 2.45) is 5.92 Å². The fraction of sp³-hybridized carbons (Fsp3) is 0.579. The smallest absolute Gasteiger partial charge is 0.408 e. The van der Waals surface area contributed by atoms with Crippen LogP contribution < -0.4 is 10.7 Å². The third-order valence-electron chi connectivity index (χ3n) is 4.76. The van der Waals surface area contributed by atoms with Crippen LogP contribution in [-0.2, 0) is 16.1 Å². The molecule has 2 amide bonds. The maximum absolute atomic E-state index is 12.6. The lowest BCUT2D eigenvalue weighted by atomic mass is 9.84. The summed E-state index contributed by atoms with van der Waals surface area (Å²) < 4.78 is 5.27. The van der Waals surface area contributed by atoms with Crippen molar-refractivity contribution >= 4 is 12.0 Å². The molecule has 2 N–H and O–H groups in total. The Balaban J connectivity index is 1.91. The molecule has 1 atom stereocenters. The number of amides is 2. The average molecular weight is 347 g/mol. The first-order chi connectivity index (χ1) is 12.1. The minimum Gasteiger partial charge on any atom is -0.445 e. The highest BCUT2D eigenvalue weighted by Gasteiger charge is 2.28. The number of hydrogen-bond acceptors (Lipinski definition) is 4. The predicted molar refractivity (Wildman–Crippen MR) is 96.6 cm³/mol. The zero-order chi connectivity index (χ0) is 18.1. The zero-order valence-corrected chi connectivity index (χ0v) is 15.2. The summed E-state index contributed by atoms with van der Waals surface area (Å²) in [6.45, 7) is 0.193. The van der Waals surface area contributed by atoms with Crippen molar-refractivity contribution in [1.82, 2.24) is 15.8 Å². The van der Waals surface area contributed by atoms with Crippen molar-refractivity contribution in [1.29, 1.82) is 0 Å². The van der Waals surface area contributed by atoms with Crippen molar-refractivity contribution in [3.05, 3.63) is 35.9 Å². The Labute approximate surface area is 149 Å². The van der Waals surface area contributed by atoms with E-state index >= 15 is 0 Å². The Morgan fingerprint density at radius 3 is 2.52 bits per heavy atom. The molecular weight excluding hydrogens is 318 g/mol. The molecule has 1 aliphatic rings. The lowest BCUT2D eigenvalue weighted by molar-refractivity contribution is -0.135. The van der Waals surface area contributed by atoms with Gasteiger partial charge < -0.3 is 10.1 Å². The second-order valence-electron chi connectivity index (χ2n) is 6.62. The lowest BCUT2D eigenvalue weighted by Crippen LogP contribution is -2.51. The molecule has 0 aliphatic heterocycles. The molecule has 2 rings (SSSR count). The molecule has 1 saturated carbocycles. The number of carbonyl (C=O) groups excluding carboxylic acids is 2. The quantitative estimate of drug-likeness (QED) is 0.744. The number of likely N-dealkylation sites (N-methyl/N-ethyl adjacent to an activating group) is 1. The van der Waals surface area contributed by atoms with Crippen molar-refractivity contribution in [2.45, 2.75) is 51.2 Å². The van der Waals surface area contributed by atoms with Gasteiger partial charge in [0.25, 0.3) is 5.91 Å². The first-order valence-electron chi connectivity index (χ1n) is 9.02. The number of nitrogens with one attached hydrogen (secondary N) is 2. The molecule has 0 bridgehead atoms. The predicted octanol–water partition coefficient (Wildman–Crippen LogP) is 2.84. The maximum Gasteiger partial charge on any atom is 0.408 e. The van der Waals surface area contributed by atoms with Crippen LogP contribution in [0.3, 0.4) is 0 Å². The Morgan fingerprint density at radius 2 is 1.88 bits per heavy atom. The Morgan fingerprint density at radius 1 is 1.20 bits per heavy atom. The summed E-state index contributed by atoms with van der Waals surface area (Å²) in [5, 5.41) is 4.16. The second kappa shape index (κ2) is 10.0. The minimum absolute atomic E-state index is 0.148. The van der Waals surface area contributed by atoms with Gasteiger partial charge in [0.1, 0.15) is 12.6 Å². The summed E-state index contributed by atoms with van der Waals surface area (Å²) in [5.74, 6) is 0.326. The van der Waals surface area contributed by atoms with Gasteiger partial charge in [-0.25, -0.2) is 10.2 Å². The number of hydrogen-bond donors (Lipinski definition) is 2. The van der Waals surface area contributed by atoms with Crippen LogP contribution >= 0.6 is 0 Å². The molecule has 0 aromatic heterocycles. The van der Waals surface area contributed by atoms with Crippen molar-refractivity contribution in [3.8, 4) is 0 Å². The van der Waals surface area contributed by atoms with Crippen LogP contribution in [0.2, 0.25) is 0 Å². The molecule has 25 heavy (non-hydrogen) atoms. The Kier molecular flexibility index (Phi) is 7.73. The van der Waals surface area contributed by atoms with E-state index in [4.69, 9.17) is 4.74 Å². The van der Waals surface area contributed by atoms with E-state index in [1.165, 1.54) is 24.3 Å². The van der Waals surface area contributed by atoms with Gasteiger partial charge in [0.05, 0.1) is 0 Å².